The average Bonchev–Trinajstić information content (AvgIpc) is 3.18. The molecule has 0 aromatic heterocycles. The average molecular weight is 258 g/mol. The summed E-state index contributed by atoms with van der Waals surface area (Å²) in [7, 11) is 1.67. The predicted molar refractivity (Wildman–Crippen MR) is 60.6 cm³/mol. The fraction of sp³-hybridized carbons (Fsp3) is 0.417. The summed E-state index contributed by atoms with van der Waals surface area (Å²) in [6.07, 6.45) is 1.95. The molecule has 0 saturated heterocycles. The lowest BCUT2D eigenvalue weighted by molar-refractivity contribution is -0.128. The highest BCUT2D eigenvalue weighted by atomic mass is 19.2. The van der Waals surface area contributed by atoms with E-state index in [2.05, 4.69) is 5.32 Å². The number of carbonyl (C=O) groups excluding carboxylic acids is 1. The van der Waals surface area contributed by atoms with Gasteiger partial charge in [-0.2, -0.15) is 0 Å². The Kier molecular flexibility index (Phi) is 3.45. The second kappa shape index (κ2) is 4.88. The molecular weight excluding hydrogens is 245 g/mol. The van der Waals surface area contributed by atoms with Crippen LogP contribution < -0.4 is 5.32 Å². The summed E-state index contributed by atoms with van der Waals surface area (Å²) in [5.74, 6) is -4.30. The molecule has 2 rings (SSSR count). The lowest BCUT2D eigenvalue weighted by Gasteiger charge is -2.17. The molecule has 1 aliphatic carbocycles. The van der Waals surface area contributed by atoms with E-state index >= 15 is 0 Å². The van der Waals surface area contributed by atoms with E-state index in [9.17, 15) is 18.0 Å². The smallest absolute Gasteiger partial charge is 0.241 e. The Bertz CT molecular complexity index is 475. The van der Waals surface area contributed by atoms with Crippen molar-refractivity contribution in [2.45, 2.75) is 18.9 Å². The first-order valence-corrected chi connectivity index (χ1v) is 5.63. The quantitative estimate of drug-likeness (QED) is 0.839. The van der Waals surface area contributed by atoms with Crippen molar-refractivity contribution >= 4 is 11.6 Å². The SMILES string of the molecule is CN(C(=O)CNc1ccc(F)c(F)c1F)C1CC1. The first-order valence-electron chi connectivity index (χ1n) is 5.63. The Morgan fingerprint density at radius 2 is 2.00 bits per heavy atom. The van der Waals surface area contributed by atoms with Crippen LogP contribution in [0, 0.1) is 17.5 Å². The summed E-state index contributed by atoms with van der Waals surface area (Å²) < 4.78 is 38.9. The monoisotopic (exact) mass is 258 g/mol. The van der Waals surface area contributed by atoms with Gasteiger partial charge < -0.3 is 10.2 Å². The van der Waals surface area contributed by atoms with Crippen LogP contribution in [0.5, 0.6) is 0 Å². The van der Waals surface area contributed by atoms with Crippen LogP contribution in [0.1, 0.15) is 12.8 Å². The van der Waals surface area contributed by atoms with Gasteiger partial charge in [0.25, 0.3) is 0 Å². The molecule has 98 valence electrons. The number of carbonyl (C=O) groups is 1. The van der Waals surface area contributed by atoms with Crippen LogP contribution in [0.25, 0.3) is 0 Å². The molecule has 0 unspecified atom stereocenters. The largest absolute Gasteiger partial charge is 0.374 e. The molecule has 0 radical (unpaired) electrons. The van der Waals surface area contributed by atoms with Gasteiger partial charge in [0.15, 0.2) is 17.5 Å². The molecule has 3 nitrogen and oxygen atoms in total. The second-order valence-electron chi connectivity index (χ2n) is 4.31. The maximum Gasteiger partial charge on any atom is 0.241 e. The number of amides is 1. The molecule has 6 heteroatoms. The Labute approximate surface area is 103 Å². The van der Waals surface area contributed by atoms with Gasteiger partial charge in [0.1, 0.15) is 0 Å². The Balaban J connectivity index is 1.97. The molecule has 0 heterocycles. The summed E-state index contributed by atoms with van der Waals surface area (Å²) in [6.45, 7) is -0.144. The zero-order chi connectivity index (χ0) is 13.3. The number of nitrogens with one attached hydrogen (secondary N) is 1. The van der Waals surface area contributed by atoms with Crippen LogP contribution >= 0.6 is 0 Å². The molecule has 18 heavy (non-hydrogen) atoms. The first kappa shape index (κ1) is 12.7. The van der Waals surface area contributed by atoms with Crippen LogP contribution in [-0.4, -0.2) is 30.4 Å². The molecule has 0 spiro atoms. The molecule has 1 fully saturated rings. The third-order valence-corrected chi connectivity index (χ3v) is 2.95. The van der Waals surface area contributed by atoms with E-state index in [0.717, 1.165) is 25.0 Å². The summed E-state index contributed by atoms with van der Waals surface area (Å²) in [5, 5.41) is 2.47. The summed E-state index contributed by atoms with van der Waals surface area (Å²) in [6, 6.07) is 2.14. The van der Waals surface area contributed by atoms with Crippen molar-refractivity contribution in [2.24, 2.45) is 0 Å². The van der Waals surface area contributed by atoms with Gasteiger partial charge in [-0.25, -0.2) is 13.2 Å². The maximum atomic E-state index is 13.3. The summed E-state index contributed by atoms with van der Waals surface area (Å²) >= 11 is 0. The minimum atomic E-state index is -1.54. The van der Waals surface area contributed by atoms with Gasteiger partial charge in [-0.1, -0.05) is 0 Å². The highest BCUT2D eigenvalue weighted by Crippen LogP contribution is 2.25. The third kappa shape index (κ3) is 2.57. The number of rotatable bonds is 4. The number of hydrogen-bond acceptors (Lipinski definition) is 2. The molecule has 1 saturated carbocycles. The fourth-order valence-corrected chi connectivity index (χ4v) is 1.62. The third-order valence-electron chi connectivity index (χ3n) is 2.95. The number of halogens is 3. The zero-order valence-electron chi connectivity index (χ0n) is 9.84. The van der Waals surface area contributed by atoms with Crippen molar-refractivity contribution < 1.29 is 18.0 Å². The molecule has 1 aliphatic rings. The van der Waals surface area contributed by atoms with Crippen molar-refractivity contribution in [1.29, 1.82) is 0 Å². The van der Waals surface area contributed by atoms with E-state index in [4.69, 9.17) is 0 Å². The molecule has 1 amide bonds. The number of nitrogens with zero attached hydrogens (tertiary/aromatic N) is 1. The van der Waals surface area contributed by atoms with E-state index in [1.807, 2.05) is 0 Å². The van der Waals surface area contributed by atoms with E-state index in [-0.39, 0.29) is 24.2 Å². The molecule has 1 aromatic rings. The van der Waals surface area contributed by atoms with Gasteiger partial charge in [-0.15, -0.1) is 0 Å². The standard InChI is InChI=1S/C12H13F3N2O/c1-17(7-2-3-7)10(18)6-16-9-5-4-8(13)11(14)12(9)15/h4-5,7,16H,2-3,6H2,1H3. The number of likely N-dealkylation sites (N-methyl/N-ethyl adjacent to an activating group) is 1. The van der Waals surface area contributed by atoms with Gasteiger partial charge in [-0.3, -0.25) is 4.79 Å². The fourth-order valence-electron chi connectivity index (χ4n) is 1.62. The summed E-state index contributed by atoms with van der Waals surface area (Å²) in [4.78, 5) is 13.2. The van der Waals surface area contributed by atoms with Gasteiger partial charge >= 0.3 is 0 Å². The van der Waals surface area contributed by atoms with Gasteiger partial charge in [0, 0.05) is 13.1 Å². The van der Waals surface area contributed by atoms with E-state index in [0.29, 0.717) is 0 Å². The van der Waals surface area contributed by atoms with E-state index < -0.39 is 17.5 Å². The van der Waals surface area contributed by atoms with Gasteiger partial charge in [0.05, 0.1) is 12.2 Å². The van der Waals surface area contributed by atoms with E-state index in [1.54, 1.807) is 11.9 Å². The van der Waals surface area contributed by atoms with Crippen LogP contribution in [0.3, 0.4) is 0 Å². The Morgan fingerprint density at radius 1 is 1.33 bits per heavy atom. The van der Waals surface area contributed by atoms with Crippen molar-refractivity contribution in [2.75, 3.05) is 18.9 Å². The Hall–Kier alpha value is -1.72. The van der Waals surface area contributed by atoms with Gasteiger partial charge in [-0.05, 0) is 25.0 Å². The molecule has 1 aromatic carbocycles. The molecular formula is C12H13F3N2O. The van der Waals surface area contributed by atoms with Gasteiger partial charge in [0.2, 0.25) is 5.91 Å². The van der Waals surface area contributed by atoms with Crippen LogP contribution in [-0.2, 0) is 4.79 Å². The normalized spacial score (nSPS) is 14.4. The van der Waals surface area contributed by atoms with E-state index in [1.165, 1.54) is 0 Å². The van der Waals surface area contributed by atoms with Crippen LogP contribution in [0.4, 0.5) is 18.9 Å². The Morgan fingerprint density at radius 3 is 2.61 bits per heavy atom. The van der Waals surface area contributed by atoms with Crippen LogP contribution in [0.2, 0.25) is 0 Å². The minimum Gasteiger partial charge on any atom is -0.374 e. The van der Waals surface area contributed by atoms with Crippen molar-refractivity contribution in [3.63, 3.8) is 0 Å². The topological polar surface area (TPSA) is 32.3 Å². The van der Waals surface area contributed by atoms with Crippen LogP contribution in [0.15, 0.2) is 12.1 Å². The number of benzene rings is 1. The molecule has 1 N–H and O–H groups in total. The lowest BCUT2D eigenvalue weighted by Crippen LogP contribution is -2.34. The maximum absolute atomic E-state index is 13.3. The highest BCUT2D eigenvalue weighted by molar-refractivity contribution is 5.81. The molecule has 0 atom stereocenters. The first-order chi connectivity index (χ1) is 8.50. The van der Waals surface area contributed by atoms with Crippen molar-refractivity contribution in [3.8, 4) is 0 Å². The number of anilines is 1. The van der Waals surface area contributed by atoms with Crippen molar-refractivity contribution in [3.05, 3.63) is 29.6 Å². The second-order valence-corrected chi connectivity index (χ2v) is 4.31. The van der Waals surface area contributed by atoms with Crippen molar-refractivity contribution in [1.82, 2.24) is 4.90 Å². The minimum absolute atomic E-state index is 0.144. The summed E-state index contributed by atoms with van der Waals surface area (Å²) in [5.41, 5.74) is -0.216. The molecule has 0 aliphatic heterocycles. The zero-order valence-corrected chi connectivity index (χ0v) is 9.84. The molecule has 0 bridgehead atoms. The lowest BCUT2D eigenvalue weighted by atomic mass is 10.2. The highest BCUT2D eigenvalue weighted by Gasteiger charge is 2.29. The number of hydrogen-bond donors (Lipinski definition) is 1. The predicted octanol–water partition coefficient (Wildman–Crippen LogP) is 2.14.